The molecule has 2 aromatic rings. The standard InChI is InChI=1S/C17H17BrN2S/c18-16-10-14(7-8-15(16)17(19)21)20-9-3-6-12-4-1-2-5-13(12)11-20/h1-2,4-5,7-8,10H,3,6,9,11H2,(H2,19,21). The fourth-order valence-electron chi connectivity index (χ4n) is 2.82. The van der Waals surface area contributed by atoms with Crippen molar-refractivity contribution in [3.63, 3.8) is 0 Å². The van der Waals surface area contributed by atoms with E-state index in [4.69, 9.17) is 18.0 Å². The summed E-state index contributed by atoms with van der Waals surface area (Å²) in [6, 6.07) is 14.9. The summed E-state index contributed by atoms with van der Waals surface area (Å²) in [5.41, 5.74) is 10.7. The first kappa shape index (κ1) is 14.5. The minimum atomic E-state index is 0.426. The number of benzene rings is 2. The quantitative estimate of drug-likeness (QED) is 0.819. The van der Waals surface area contributed by atoms with Crippen LogP contribution in [0.1, 0.15) is 23.1 Å². The van der Waals surface area contributed by atoms with Gasteiger partial charge in [0.1, 0.15) is 4.99 Å². The van der Waals surface area contributed by atoms with Gasteiger partial charge in [0.2, 0.25) is 0 Å². The van der Waals surface area contributed by atoms with Gasteiger partial charge in [-0.2, -0.15) is 0 Å². The molecule has 2 aromatic carbocycles. The van der Waals surface area contributed by atoms with Crippen LogP contribution in [0, 0.1) is 0 Å². The summed E-state index contributed by atoms with van der Waals surface area (Å²) in [6.45, 7) is 2.02. The average Bonchev–Trinajstić information content (AvgIpc) is 2.68. The first-order chi connectivity index (χ1) is 10.1. The average molecular weight is 361 g/mol. The topological polar surface area (TPSA) is 29.3 Å². The Bertz CT molecular complexity index is 684. The van der Waals surface area contributed by atoms with E-state index < -0.39 is 0 Å². The van der Waals surface area contributed by atoms with Gasteiger partial charge in [-0.25, -0.2) is 0 Å². The fraction of sp³-hybridized carbons (Fsp3) is 0.235. The molecule has 0 aliphatic carbocycles. The molecule has 2 N–H and O–H groups in total. The summed E-state index contributed by atoms with van der Waals surface area (Å²) in [7, 11) is 0. The Morgan fingerprint density at radius 3 is 2.62 bits per heavy atom. The lowest BCUT2D eigenvalue weighted by atomic mass is 10.0. The third-order valence-electron chi connectivity index (χ3n) is 3.94. The summed E-state index contributed by atoms with van der Waals surface area (Å²) in [5.74, 6) is 0. The molecule has 0 amide bonds. The Morgan fingerprint density at radius 1 is 1.14 bits per heavy atom. The van der Waals surface area contributed by atoms with Crippen LogP contribution in [0.2, 0.25) is 0 Å². The second-order valence-corrected chi connectivity index (χ2v) is 6.62. The SMILES string of the molecule is NC(=S)c1ccc(N2CCCc3ccccc3C2)cc1Br. The molecule has 4 heteroatoms. The number of halogens is 1. The Balaban J connectivity index is 1.91. The summed E-state index contributed by atoms with van der Waals surface area (Å²) in [5, 5.41) is 0. The zero-order valence-electron chi connectivity index (χ0n) is 11.7. The lowest BCUT2D eigenvalue weighted by Crippen LogP contribution is -2.22. The highest BCUT2D eigenvalue weighted by Gasteiger charge is 2.15. The van der Waals surface area contributed by atoms with Crippen molar-refractivity contribution in [1.82, 2.24) is 0 Å². The van der Waals surface area contributed by atoms with Crippen LogP contribution in [-0.4, -0.2) is 11.5 Å². The Kier molecular flexibility index (Phi) is 4.27. The summed E-state index contributed by atoms with van der Waals surface area (Å²) >= 11 is 8.63. The zero-order valence-corrected chi connectivity index (χ0v) is 14.1. The lowest BCUT2D eigenvalue weighted by Gasteiger charge is -2.24. The first-order valence-corrected chi connectivity index (χ1v) is 8.26. The highest BCUT2D eigenvalue weighted by atomic mass is 79.9. The Morgan fingerprint density at radius 2 is 1.90 bits per heavy atom. The maximum atomic E-state index is 5.72. The predicted octanol–water partition coefficient (Wildman–Crippen LogP) is 4.04. The molecule has 0 bridgehead atoms. The van der Waals surface area contributed by atoms with Gasteiger partial charge in [0, 0.05) is 28.8 Å². The van der Waals surface area contributed by atoms with Crippen molar-refractivity contribution < 1.29 is 0 Å². The van der Waals surface area contributed by atoms with Gasteiger partial charge >= 0.3 is 0 Å². The van der Waals surface area contributed by atoms with E-state index in [-0.39, 0.29) is 0 Å². The van der Waals surface area contributed by atoms with Gasteiger partial charge < -0.3 is 10.6 Å². The summed E-state index contributed by atoms with van der Waals surface area (Å²) in [4.78, 5) is 2.84. The largest absolute Gasteiger partial charge is 0.389 e. The van der Waals surface area contributed by atoms with Crippen molar-refractivity contribution in [1.29, 1.82) is 0 Å². The van der Waals surface area contributed by atoms with Gasteiger partial charge in [-0.15, -0.1) is 0 Å². The number of nitrogens with zero attached hydrogens (tertiary/aromatic N) is 1. The number of rotatable bonds is 2. The minimum Gasteiger partial charge on any atom is -0.389 e. The smallest absolute Gasteiger partial charge is 0.105 e. The van der Waals surface area contributed by atoms with Crippen molar-refractivity contribution >= 4 is 38.8 Å². The maximum Gasteiger partial charge on any atom is 0.105 e. The number of hydrogen-bond donors (Lipinski definition) is 1. The third kappa shape index (κ3) is 3.11. The van der Waals surface area contributed by atoms with E-state index in [1.807, 2.05) is 6.07 Å². The molecule has 0 spiro atoms. The van der Waals surface area contributed by atoms with Gasteiger partial charge in [0.25, 0.3) is 0 Å². The van der Waals surface area contributed by atoms with E-state index in [2.05, 4.69) is 57.2 Å². The summed E-state index contributed by atoms with van der Waals surface area (Å²) in [6.07, 6.45) is 2.32. The van der Waals surface area contributed by atoms with Crippen LogP contribution in [0.15, 0.2) is 46.9 Å². The molecule has 0 aromatic heterocycles. The molecule has 3 rings (SSSR count). The Hall–Kier alpha value is -1.39. The molecule has 1 heterocycles. The number of hydrogen-bond acceptors (Lipinski definition) is 2. The lowest BCUT2D eigenvalue weighted by molar-refractivity contribution is 0.766. The van der Waals surface area contributed by atoms with Crippen LogP contribution in [0.25, 0.3) is 0 Å². The van der Waals surface area contributed by atoms with Crippen molar-refractivity contribution in [2.24, 2.45) is 5.73 Å². The second-order valence-electron chi connectivity index (χ2n) is 5.32. The van der Waals surface area contributed by atoms with Crippen LogP contribution in [0.4, 0.5) is 5.69 Å². The number of thiocarbonyl (C=S) groups is 1. The molecule has 0 atom stereocenters. The van der Waals surface area contributed by atoms with E-state index in [0.29, 0.717) is 4.99 Å². The van der Waals surface area contributed by atoms with E-state index in [0.717, 1.165) is 29.5 Å². The van der Waals surface area contributed by atoms with E-state index in [1.165, 1.54) is 23.2 Å². The van der Waals surface area contributed by atoms with Crippen molar-refractivity contribution in [3.8, 4) is 0 Å². The molecular formula is C17H17BrN2S. The van der Waals surface area contributed by atoms with Crippen molar-refractivity contribution in [2.75, 3.05) is 11.4 Å². The number of anilines is 1. The van der Waals surface area contributed by atoms with Gasteiger partial charge in [0.15, 0.2) is 0 Å². The van der Waals surface area contributed by atoms with Gasteiger partial charge in [0.05, 0.1) is 0 Å². The number of fused-ring (bicyclic) bond motifs is 1. The minimum absolute atomic E-state index is 0.426. The number of aryl methyl sites for hydroxylation is 1. The number of nitrogens with two attached hydrogens (primary N) is 1. The molecule has 1 aliphatic heterocycles. The summed E-state index contributed by atoms with van der Waals surface area (Å²) < 4.78 is 0.963. The van der Waals surface area contributed by atoms with Gasteiger partial charge in [-0.1, -0.05) is 36.5 Å². The van der Waals surface area contributed by atoms with Gasteiger partial charge in [-0.05, 0) is 58.1 Å². The van der Waals surface area contributed by atoms with E-state index in [9.17, 15) is 0 Å². The first-order valence-electron chi connectivity index (χ1n) is 7.06. The van der Waals surface area contributed by atoms with E-state index in [1.54, 1.807) is 0 Å². The Labute approximate surface area is 139 Å². The molecule has 0 fully saturated rings. The monoisotopic (exact) mass is 360 g/mol. The van der Waals surface area contributed by atoms with Crippen LogP contribution < -0.4 is 10.6 Å². The van der Waals surface area contributed by atoms with Crippen molar-refractivity contribution in [3.05, 3.63) is 63.6 Å². The van der Waals surface area contributed by atoms with Crippen LogP contribution in [0.5, 0.6) is 0 Å². The maximum absolute atomic E-state index is 5.72. The van der Waals surface area contributed by atoms with Crippen LogP contribution in [-0.2, 0) is 13.0 Å². The molecule has 0 saturated carbocycles. The molecular weight excluding hydrogens is 344 g/mol. The van der Waals surface area contributed by atoms with E-state index >= 15 is 0 Å². The zero-order chi connectivity index (χ0) is 14.8. The molecule has 108 valence electrons. The molecule has 21 heavy (non-hydrogen) atoms. The second kappa shape index (κ2) is 6.16. The molecule has 1 aliphatic rings. The third-order valence-corrected chi connectivity index (χ3v) is 4.81. The van der Waals surface area contributed by atoms with Crippen LogP contribution >= 0.6 is 28.1 Å². The molecule has 0 radical (unpaired) electrons. The molecule has 0 saturated heterocycles. The predicted molar refractivity (Wildman–Crippen MR) is 95.8 cm³/mol. The molecule has 2 nitrogen and oxygen atoms in total. The van der Waals surface area contributed by atoms with Gasteiger partial charge in [-0.3, -0.25) is 0 Å². The highest BCUT2D eigenvalue weighted by molar-refractivity contribution is 9.10. The fourth-order valence-corrected chi connectivity index (χ4v) is 3.71. The van der Waals surface area contributed by atoms with Crippen molar-refractivity contribution in [2.45, 2.75) is 19.4 Å². The van der Waals surface area contributed by atoms with Crippen LogP contribution in [0.3, 0.4) is 0 Å². The molecule has 0 unspecified atom stereocenters. The normalized spacial score (nSPS) is 14.4. The highest BCUT2D eigenvalue weighted by Crippen LogP contribution is 2.28.